The molecule has 0 fully saturated rings. The van der Waals surface area contributed by atoms with Crippen molar-refractivity contribution in [1.29, 1.82) is 0 Å². The summed E-state index contributed by atoms with van der Waals surface area (Å²) in [6.45, 7) is 5.13. The maximum atomic E-state index is 11.0. The average molecular weight is 346 g/mol. The van der Waals surface area contributed by atoms with Crippen molar-refractivity contribution in [2.75, 3.05) is 12.9 Å². The van der Waals surface area contributed by atoms with E-state index in [0.717, 1.165) is 21.7 Å². The van der Waals surface area contributed by atoms with Gasteiger partial charge in [-0.15, -0.1) is 11.8 Å². The summed E-state index contributed by atoms with van der Waals surface area (Å²) in [6.07, 6.45) is 0.435. The Morgan fingerprint density at radius 2 is 2.21 bits per heavy atom. The summed E-state index contributed by atoms with van der Waals surface area (Å²) < 4.78 is 5.69. The summed E-state index contributed by atoms with van der Waals surface area (Å²) >= 11 is 5.23. The van der Waals surface area contributed by atoms with Gasteiger partial charge in [-0.25, -0.2) is 0 Å². The zero-order valence-electron chi connectivity index (χ0n) is 11.5. The van der Waals surface area contributed by atoms with Crippen LogP contribution in [0.25, 0.3) is 0 Å². The molecule has 0 saturated heterocycles. The summed E-state index contributed by atoms with van der Waals surface area (Å²) in [5, 5.41) is 3.39. The lowest BCUT2D eigenvalue weighted by Crippen LogP contribution is -2.21. The molecule has 1 aromatic carbocycles. The fraction of sp³-hybridized carbons (Fsp3) is 0.500. The van der Waals surface area contributed by atoms with Gasteiger partial charge in [0, 0.05) is 27.7 Å². The lowest BCUT2D eigenvalue weighted by Gasteiger charge is -2.10. The first-order chi connectivity index (χ1) is 9.02. The molecule has 0 saturated carbocycles. The third-order valence-electron chi connectivity index (χ3n) is 2.50. The Hall–Kier alpha value is -0.520. The Bertz CT molecular complexity index is 424. The molecule has 0 atom stereocenters. The molecule has 106 valence electrons. The molecule has 0 unspecified atom stereocenters. The number of carbonyl (C=O) groups is 1. The van der Waals surface area contributed by atoms with Gasteiger partial charge in [-0.3, -0.25) is 4.79 Å². The molecule has 0 bridgehead atoms. The number of nitrogens with one attached hydrogen (secondary N) is 1. The molecule has 0 spiro atoms. The van der Waals surface area contributed by atoms with Gasteiger partial charge in [-0.1, -0.05) is 19.9 Å². The highest BCUT2D eigenvalue weighted by molar-refractivity contribution is 9.10. The SMILES string of the molecule is COC(=O)CCSc1ccc(CNC(C)C)cc1Br. The highest BCUT2D eigenvalue weighted by atomic mass is 79.9. The molecule has 1 aromatic rings. The van der Waals surface area contributed by atoms with Gasteiger partial charge in [-0.05, 0) is 33.6 Å². The fourth-order valence-corrected chi connectivity index (χ4v) is 3.06. The van der Waals surface area contributed by atoms with E-state index in [4.69, 9.17) is 0 Å². The van der Waals surface area contributed by atoms with Crippen molar-refractivity contribution in [3.8, 4) is 0 Å². The molecule has 0 heterocycles. The van der Waals surface area contributed by atoms with Crippen molar-refractivity contribution in [2.24, 2.45) is 0 Å². The first-order valence-corrected chi connectivity index (χ1v) is 8.02. The summed E-state index contributed by atoms with van der Waals surface area (Å²) in [7, 11) is 1.42. The van der Waals surface area contributed by atoms with Crippen molar-refractivity contribution in [3.63, 3.8) is 0 Å². The molecular weight excluding hydrogens is 326 g/mol. The normalized spacial score (nSPS) is 10.8. The second-order valence-corrected chi connectivity index (χ2v) is 6.47. The molecule has 5 heteroatoms. The van der Waals surface area contributed by atoms with Crippen molar-refractivity contribution in [2.45, 2.75) is 37.8 Å². The van der Waals surface area contributed by atoms with Gasteiger partial charge >= 0.3 is 5.97 Å². The highest BCUT2D eigenvalue weighted by Crippen LogP contribution is 2.29. The monoisotopic (exact) mass is 345 g/mol. The van der Waals surface area contributed by atoms with Gasteiger partial charge in [0.1, 0.15) is 0 Å². The topological polar surface area (TPSA) is 38.3 Å². The number of benzene rings is 1. The van der Waals surface area contributed by atoms with Crippen molar-refractivity contribution in [3.05, 3.63) is 28.2 Å². The highest BCUT2D eigenvalue weighted by Gasteiger charge is 2.05. The third kappa shape index (κ3) is 6.45. The minimum Gasteiger partial charge on any atom is -0.469 e. The van der Waals surface area contributed by atoms with E-state index < -0.39 is 0 Å². The molecule has 0 aliphatic carbocycles. The van der Waals surface area contributed by atoms with Crippen LogP contribution in [0.4, 0.5) is 0 Å². The maximum absolute atomic E-state index is 11.0. The summed E-state index contributed by atoms with van der Waals surface area (Å²) in [5.41, 5.74) is 1.25. The maximum Gasteiger partial charge on any atom is 0.306 e. The first-order valence-electron chi connectivity index (χ1n) is 6.24. The van der Waals surface area contributed by atoms with E-state index in [1.54, 1.807) is 11.8 Å². The zero-order valence-corrected chi connectivity index (χ0v) is 13.9. The van der Waals surface area contributed by atoms with E-state index in [9.17, 15) is 4.79 Å². The number of esters is 1. The molecule has 0 aliphatic heterocycles. The Labute approximate surface area is 127 Å². The van der Waals surface area contributed by atoms with Gasteiger partial charge in [0.25, 0.3) is 0 Å². The van der Waals surface area contributed by atoms with Gasteiger partial charge in [0.2, 0.25) is 0 Å². The molecule has 3 nitrogen and oxygen atoms in total. The second kappa shape index (κ2) is 8.61. The Kier molecular flexibility index (Phi) is 7.49. The largest absolute Gasteiger partial charge is 0.469 e. The van der Waals surface area contributed by atoms with Crippen LogP contribution in [0.15, 0.2) is 27.6 Å². The molecule has 1 N–H and O–H groups in total. The van der Waals surface area contributed by atoms with Gasteiger partial charge < -0.3 is 10.1 Å². The molecule has 0 radical (unpaired) electrons. The van der Waals surface area contributed by atoms with Crippen molar-refractivity contribution in [1.82, 2.24) is 5.32 Å². The number of thioether (sulfide) groups is 1. The molecule has 1 rings (SSSR count). The van der Waals surface area contributed by atoms with Crippen LogP contribution >= 0.6 is 27.7 Å². The molecule has 0 amide bonds. The lowest BCUT2D eigenvalue weighted by atomic mass is 10.2. The minimum atomic E-state index is -0.165. The van der Waals surface area contributed by atoms with Crippen LogP contribution in [0.5, 0.6) is 0 Å². The zero-order chi connectivity index (χ0) is 14.3. The first kappa shape index (κ1) is 16.5. The van der Waals surface area contributed by atoms with Crippen LogP contribution < -0.4 is 5.32 Å². The number of ether oxygens (including phenoxy) is 1. The quantitative estimate of drug-likeness (QED) is 0.605. The van der Waals surface area contributed by atoms with Crippen LogP contribution in [-0.2, 0) is 16.1 Å². The number of rotatable bonds is 7. The van der Waals surface area contributed by atoms with E-state index in [2.05, 4.69) is 58.0 Å². The lowest BCUT2D eigenvalue weighted by molar-refractivity contribution is -0.140. The van der Waals surface area contributed by atoms with Gasteiger partial charge in [-0.2, -0.15) is 0 Å². The number of hydrogen-bond donors (Lipinski definition) is 1. The molecule has 0 aliphatic rings. The minimum absolute atomic E-state index is 0.165. The number of carbonyl (C=O) groups excluding carboxylic acids is 1. The standard InChI is InChI=1S/C14H20BrNO2S/c1-10(2)16-9-11-4-5-13(12(15)8-11)19-7-6-14(17)18-3/h4-5,8,10,16H,6-7,9H2,1-3H3. The van der Waals surface area contributed by atoms with E-state index in [1.807, 2.05) is 0 Å². The van der Waals surface area contributed by atoms with E-state index in [0.29, 0.717) is 12.5 Å². The Balaban J connectivity index is 2.50. The van der Waals surface area contributed by atoms with Crippen molar-refractivity contribution >= 4 is 33.7 Å². The molecular formula is C14H20BrNO2S. The van der Waals surface area contributed by atoms with Crippen LogP contribution in [0.3, 0.4) is 0 Å². The van der Waals surface area contributed by atoms with Gasteiger partial charge in [0.05, 0.1) is 13.5 Å². The Morgan fingerprint density at radius 1 is 1.47 bits per heavy atom. The van der Waals surface area contributed by atoms with Gasteiger partial charge in [0.15, 0.2) is 0 Å². The molecule has 0 aromatic heterocycles. The summed E-state index contributed by atoms with van der Waals surface area (Å²) in [4.78, 5) is 12.2. The molecule has 19 heavy (non-hydrogen) atoms. The summed E-state index contributed by atoms with van der Waals surface area (Å²) in [6, 6.07) is 6.80. The average Bonchev–Trinajstić information content (AvgIpc) is 2.38. The smallest absolute Gasteiger partial charge is 0.306 e. The third-order valence-corrected chi connectivity index (χ3v) is 4.50. The van der Waals surface area contributed by atoms with Crippen LogP contribution in [0, 0.1) is 0 Å². The number of hydrogen-bond acceptors (Lipinski definition) is 4. The number of halogens is 1. The number of methoxy groups -OCH3 is 1. The van der Waals surface area contributed by atoms with E-state index in [1.165, 1.54) is 12.7 Å². The van der Waals surface area contributed by atoms with Crippen LogP contribution in [0.1, 0.15) is 25.8 Å². The van der Waals surface area contributed by atoms with Crippen LogP contribution in [0.2, 0.25) is 0 Å². The van der Waals surface area contributed by atoms with Crippen molar-refractivity contribution < 1.29 is 9.53 Å². The predicted octanol–water partition coefficient (Wildman–Crippen LogP) is 3.60. The van der Waals surface area contributed by atoms with Crippen LogP contribution in [-0.4, -0.2) is 24.9 Å². The van der Waals surface area contributed by atoms with E-state index >= 15 is 0 Å². The predicted molar refractivity (Wildman–Crippen MR) is 83.5 cm³/mol. The second-order valence-electron chi connectivity index (χ2n) is 4.47. The van der Waals surface area contributed by atoms with E-state index in [-0.39, 0.29) is 5.97 Å². The summed E-state index contributed by atoms with van der Waals surface area (Å²) in [5.74, 6) is 0.566. The Morgan fingerprint density at radius 3 is 2.79 bits per heavy atom. The fourth-order valence-electron chi connectivity index (χ4n) is 1.44.